The van der Waals surface area contributed by atoms with E-state index in [2.05, 4.69) is 215 Å². The fraction of sp³-hybridized carbons (Fsp3) is 0. The van der Waals surface area contributed by atoms with E-state index < -0.39 is 0 Å². The third-order valence-corrected chi connectivity index (χ3v) is 12.9. The summed E-state index contributed by atoms with van der Waals surface area (Å²) >= 11 is 1.86. The van der Waals surface area contributed by atoms with Crippen molar-refractivity contribution in [1.82, 2.24) is 9.13 Å². The van der Waals surface area contributed by atoms with E-state index in [4.69, 9.17) is 0 Å². The molecule has 0 unspecified atom stereocenters. The first kappa shape index (κ1) is 32.1. The van der Waals surface area contributed by atoms with Crippen LogP contribution in [-0.4, -0.2) is 9.13 Å². The Morgan fingerprint density at radius 1 is 0.246 bits per heavy atom. The molecule has 0 saturated carbocycles. The minimum Gasteiger partial charge on any atom is -0.309 e. The van der Waals surface area contributed by atoms with Crippen molar-refractivity contribution in [3.8, 4) is 44.8 Å². The van der Waals surface area contributed by atoms with E-state index in [1.165, 1.54) is 103 Å². The number of nitrogens with zero attached hydrogens (tertiary/aromatic N) is 2. The Labute approximate surface area is 333 Å². The van der Waals surface area contributed by atoms with Crippen molar-refractivity contribution >= 4 is 75.1 Å². The van der Waals surface area contributed by atoms with Gasteiger partial charge in [0.25, 0.3) is 0 Å². The molecule has 2 nitrogen and oxygen atoms in total. The van der Waals surface area contributed by atoms with Gasteiger partial charge in [0, 0.05) is 53.1 Å². The van der Waals surface area contributed by atoms with Gasteiger partial charge in [-0.1, -0.05) is 127 Å². The second-order valence-electron chi connectivity index (χ2n) is 14.9. The molecule has 3 heterocycles. The molecular weight excluding hydrogens is 709 g/mol. The van der Waals surface area contributed by atoms with Gasteiger partial charge in [-0.05, 0) is 112 Å². The molecule has 0 fully saturated rings. The molecule has 3 heteroatoms. The van der Waals surface area contributed by atoms with Crippen molar-refractivity contribution in [2.75, 3.05) is 0 Å². The Morgan fingerprint density at radius 3 is 1.35 bits per heavy atom. The Balaban J connectivity index is 1.05. The summed E-state index contributed by atoms with van der Waals surface area (Å²) in [6.45, 7) is 0. The molecule has 9 aromatic carbocycles. The van der Waals surface area contributed by atoms with Gasteiger partial charge in [-0.15, -0.1) is 11.3 Å². The quantitative estimate of drug-likeness (QED) is 0.166. The van der Waals surface area contributed by atoms with Crippen LogP contribution >= 0.6 is 11.3 Å². The van der Waals surface area contributed by atoms with Crippen LogP contribution in [-0.2, 0) is 0 Å². The molecule has 0 bridgehead atoms. The zero-order valence-electron chi connectivity index (χ0n) is 30.9. The summed E-state index contributed by atoms with van der Waals surface area (Å²) in [7, 11) is 0. The van der Waals surface area contributed by atoms with Crippen molar-refractivity contribution in [3.63, 3.8) is 0 Å². The molecule has 0 aliphatic carbocycles. The number of aromatic nitrogens is 2. The Morgan fingerprint density at radius 2 is 0.702 bits per heavy atom. The molecule has 3 aromatic heterocycles. The first-order chi connectivity index (χ1) is 28.2. The summed E-state index contributed by atoms with van der Waals surface area (Å²) < 4.78 is 7.51. The summed E-state index contributed by atoms with van der Waals surface area (Å²) in [6.07, 6.45) is 0. The SMILES string of the molecule is c1ccc(-c2cccc(-n3c4ccc(-c5ccccc5)cc4c4cc(-c5ccc6c(c5)c5ccccc5n6-c5ccc6sc7ccccc7c6c5)ccc43)c2)cc1. The van der Waals surface area contributed by atoms with Gasteiger partial charge in [0.1, 0.15) is 0 Å². The summed E-state index contributed by atoms with van der Waals surface area (Å²) in [5.41, 5.74) is 14.4. The van der Waals surface area contributed by atoms with E-state index >= 15 is 0 Å². The van der Waals surface area contributed by atoms with Crippen molar-refractivity contribution < 1.29 is 0 Å². The molecule has 57 heavy (non-hydrogen) atoms. The summed E-state index contributed by atoms with van der Waals surface area (Å²) in [5.74, 6) is 0. The van der Waals surface area contributed by atoms with Crippen LogP contribution in [0.4, 0.5) is 0 Å². The van der Waals surface area contributed by atoms with Gasteiger partial charge < -0.3 is 9.13 Å². The number of thiophene rings is 1. The maximum Gasteiger partial charge on any atom is 0.0541 e. The number of fused-ring (bicyclic) bond motifs is 9. The van der Waals surface area contributed by atoms with Crippen molar-refractivity contribution in [1.29, 1.82) is 0 Å². The standard InChI is InChI=1S/C54H34N2S/c1-3-12-35(13-4-1)37-16-11-17-41(30-37)55-51-26-22-38(36-14-5-2-6-15-36)31-46(51)47-33-40(24-28-52(47)55)39-23-27-50-45(32-39)43-18-7-9-20-49(43)56(50)42-25-29-54-48(34-42)44-19-8-10-21-53(44)57-54/h1-34H. The van der Waals surface area contributed by atoms with Gasteiger partial charge in [-0.2, -0.15) is 0 Å². The molecule has 0 amide bonds. The highest BCUT2D eigenvalue weighted by Gasteiger charge is 2.18. The fourth-order valence-electron chi connectivity index (χ4n) is 9.03. The van der Waals surface area contributed by atoms with Gasteiger partial charge in [0.05, 0.1) is 22.1 Å². The van der Waals surface area contributed by atoms with Crippen LogP contribution in [0.25, 0.3) is 109 Å². The van der Waals surface area contributed by atoms with E-state index in [0.29, 0.717) is 0 Å². The highest BCUT2D eigenvalue weighted by atomic mass is 32.1. The van der Waals surface area contributed by atoms with Gasteiger partial charge >= 0.3 is 0 Å². The maximum absolute atomic E-state index is 2.44. The van der Waals surface area contributed by atoms with Crippen LogP contribution in [0.15, 0.2) is 206 Å². The van der Waals surface area contributed by atoms with Crippen LogP contribution in [0.5, 0.6) is 0 Å². The highest BCUT2D eigenvalue weighted by molar-refractivity contribution is 7.25. The Bertz CT molecular complexity index is 3510. The normalized spacial score (nSPS) is 11.9. The summed E-state index contributed by atoms with van der Waals surface area (Å²) in [4.78, 5) is 0. The molecule has 0 aliphatic heterocycles. The largest absolute Gasteiger partial charge is 0.309 e. The summed E-state index contributed by atoms with van der Waals surface area (Å²) in [6, 6.07) is 75.8. The predicted molar refractivity (Wildman–Crippen MR) is 244 cm³/mol. The zero-order chi connectivity index (χ0) is 37.5. The molecule has 0 spiro atoms. The number of benzene rings is 9. The van der Waals surface area contributed by atoms with Crippen molar-refractivity contribution in [3.05, 3.63) is 206 Å². The van der Waals surface area contributed by atoms with Gasteiger partial charge in [0.2, 0.25) is 0 Å². The molecule has 0 atom stereocenters. The number of para-hydroxylation sites is 1. The van der Waals surface area contributed by atoms with E-state index in [9.17, 15) is 0 Å². The van der Waals surface area contributed by atoms with Crippen LogP contribution in [0, 0.1) is 0 Å². The van der Waals surface area contributed by atoms with E-state index in [0.717, 1.165) is 5.69 Å². The third kappa shape index (κ3) is 5.10. The molecule has 0 radical (unpaired) electrons. The first-order valence-corrected chi connectivity index (χ1v) is 20.3. The molecule has 266 valence electrons. The van der Waals surface area contributed by atoms with E-state index in [1.54, 1.807) is 0 Å². The van der Waals surface area contributed by atoms with E-state index in [-0.39, 0.29) is 0 Å². The zero-order valence-corrected chi connectivity index (χ0v) is 31.7. The van der Waals surface area contributed by atoms with Crippen molar-refractivity contribution in [2.24, 2.45) is 0 Å². The second-order valence-corrected chi connectivity index (χ2v) is 16.0. The lowest BCUT2D eigenvalue weighted by Crippen LogP contribution is -1.94. The Hall–Kier alpha value is -7.20. The fourth-order valence-corrected chi connectivity index (χ4v) is 10.1. The second kappa shape index (κ2) is 12.7. The van der Waals surface area contributed by atoms with E-state index in [1.807, 2.05) is 11.3 Å². The predicted octanol–water partition coefficient (Wildman–Crippen LogP) is 15.2. The lowest BCUT2D eigenvalue weighted by atomic mass is 9.99. The van der Waals surface area contributed by atoms with Gasteiger partial charge in [0.15, 0.2) is 0 Å². The van der Waals surface area contributed by atoms with Crippen LogP contribution in [0.3, 0.4) is 0 Å². The lowest BCUT2D eigenvalue weighted by Gasteiger charge is -2.11. The molecule has 12 aromatic rings. The average Bonchev–Trinajstić information content (AvgIpc) is 3.93. The van der Waals surface area contributed by atoms with Crippen LogP contribution in [0.2, 0.25) is 0 Å². The molecule has 12 rings (SSSR count). The average molecular weight is 743 g/mol. The molecule has 0 N–H and O–H groups in total. The smallest absolute Gasteiger partial charge is 0.0541 e. The molecular formula is C54H34N2S. The third-order valence-electron chi connectivity index (χ3n) is 11.7. The lowest BCUT2D eigenvalue weighted by molar-refractivity contribution is 1.18. The topological polar surface area (TPSA) is 9.86 Å². The minimum absolute atomic E-state index is 1.15. The highest BCUT2D eigenvalue weighted by Crippen LogP contribution is 2.41. The summed E-state index contributed by atoms with van der Waals surface area (Å²) in [5, 5.41) is 7.62. The molecule has 0 aliphatic rings. The van der Waals surface area contributed by atoms with Crippen LogP contribution in [0.1, 0.15) is 0 Å². The number of rotatable bonds is 5. The van der Waals surface area contributed by atoms with Crippen LogP contribution < -0.4 is 0 Å². The maximum atomic E-state index is 2.44. The number of hydrogen-bond donors (Lipinski definition) is 0. The first-order valence-electron chi connectivity index (χ1n) is 19.5. The number of hydrogen-bond acceptors (Lipinski definition) is 1. The molecule has 0 saturated heterocycles. The van der Waals surface area contributed by atoms with Gasteiger partial charge in [-0.25, -0.2) is 0 Å². The minimum atomic E-state index is 1.15. The Kier molecular flexibility index (Phi) is 7.13. The van der Waals surface area contributed by atoms with Gasteiger partial charge in [-0.3, -0.25) is 0 Å². The monoisotopic (exact) mass is 742 g/mol. The van der Waals surface area contributed by atoms with Crippen molar-refractivity contribution in [2.45, 2.75) is 0 Å².